The predicted octanol–water partition coefficient (Wildman–Crippen LogP) is 1.35. The number of hydrogen-bond acceptors (Lipinski definition) is 5. The highest BCUT2D eigenvalue weighted by Crippen LogP contribution is 2.27. The second-order valence-electron chi connectivity index (χ2n) is 6.73. The van der Waals surface area contributed by atoms with Gasteiger partial charge < -0.3 is 10.6 Å². The Labute approximate surface area is 147 Å². The maximum absolute atomic E-state index is 12.4. The number of fused-ring (bicyclic) bond motifs is 1. The molecule has 0 saturated carbocycles. The van der Waals surface area contributed by atoms with E-state index in [0.717, 1.165) is 31.4 Å². The highest BCUT2D eigenvalue weighted by Gasteiger charge is 2.32. The smallest absolute Gasteiger partial charge is 0.280 e. The average Bonchev–Trinajstić information content (AvgIpc) is 3.17. The third kappa shape index (κ3) is 3.78. The van der Waals surface area contributed by atoms with Gasteiger partial charge in [0.2, 0.25) is 5.91 Å². The molecule has 0 radical (unpaired) electrons. The Hall–Kier alpha value is -1.47. The number of carbonyl (C=O) groups is 2. The van der Waals surface area contributed by atoms with E-state index in [4.69, 9.17) is 0 Å². The number of nitrogens with zero attached hydrogens (tertiary/aromatic N) is 2. The number of thiazole rings is 1. The number of nitrogens with one attached hydrogen (secondary N) is 2. The lowest BCUT2D eigenvalue weighted by Gasteiger charge is -2.25. The van der Waals surface area contributed by atoms with E-state index < -0.39 is 0 Å². The summed E-state index contributed by atoms with van der Waals surface area (Å²) in [5, 5.41) is 6.32. The Morgan fingerprint density at radius 2 is 2.00 bits per heavy atom. The molecule has 1 fully saturated rings. The third-order valence-corrected chi connectivity index (χ3v) is 6.38. The topological polar surface area (TPSA) is 74.3 Å². The molecule has 3 rings (SSSR count). The van der Waals surface area contributed by atoms with Gasteiger partial charge in [-0.05, 0) is 45.6 Å². The molecule has 1 aliphatic heterocycles. The van der Waals surface area contributed by atoms with E-state index >= 15 is 0 Å². The van der Waals surface area contributed by atoms with Crippen LogP contribution >= 0.6 is 11.3 Å². The van der Waals surface area contributed by atoms with Crippen LogP contribution in [0.15, 0.2) is 0 Å². The molecule has 2 amide bonds. The molecule has 1 saturated heterocycles. The van der Waals surface area contributed by atoms with Crippen molar-refractivity contribution in [3.8, 4) is 0 Å². The second kappa shape index (κ2) is 7.61. The maximum atomic E-state index is 12.4. The van der Waals surface area contributed by atoms with Crippen LogP contribution in [0.4, 0.5) is 0 Å². The van der Waals surface area contributed by atoms with Crippen LogP contribution in [-0.2, 0) is 17.6 Å². The van der Waals surface area contributed by atoms with Crippen LogP contribution in [0, 0.1) is 0 Å². The van der Waals surface area contributed by atoms with Crippen LogP contribution in [0.3, 0.4) is 0 Å². The van der Waals surface area contributed by atoms with Gasteiger partial charge in [-0.1, -0.05) is 0 Å². The van der Waals surface area contributed by atoms with E-state index in [9.17, 15) is 9.59 Å². The summed E-state index contributed by atoms with van der Waals surface area (Å²) in [5.41, 5.74) is 1.13. The van der Waals surface area contributed by atoms with Crippen LogP contribution in [-0.4, -0.2) is 54.4 Å². The number of likely N-dealkylation sites (N-methyl/N-ethyl adjacent to an activating group) is 1. The van der Waals surface area contributed by atoms with Gasteiger partial charge >= 0.3 is 0 Å². The number of aromatic nitrogens is 1. The summed E-state index contributed by atoms with van der Waals surface area (Å²) >= 11 is 1.55. The molecule has 6 nitrogen and oxygen atoms in total. The average molecular weight is 350 g/mol. The van der Waals surface area contributed by atoms with Gasteiger partial charge in [-0.15, -0.1) is 11.3 Å². The van der Waals surface area contributed by atoms with Gasteiger partial charge in [0, 0.05) is 37.0 Å². The van der Waals surface area contributed by atoms with Crippen molar-refractivity contribution in [2.75, 3.05) is 20.6 Å². The van der Waals surface area contributed by atoms with Crippen molar-refractivity contribution in [2.24, 2.45) is 0 Å². The molecule has 2 aliphatic rings. The number of rotatable bonds is 5. The van der Waals surface area contributed by atoms with E-state index in [-0.39, 0.29) is 23.9 Å². The lowest BCUT2D eigenvalue weighted by atomic mass is 10.0. The van der Waals surface area contributed by atoms with Gasteiger partial charge in [0.15, 0.2) is 5.01 Å². The Morgan fingerprint density at radius 3 is 2.75 bits per heavy atom. The standard InChI is InChI=1S/C17H26N4O2S/c1-18-15(22)9-11-7-8-12(21(11)2)10-19-16(23)17-20-13-5-3-4-6-14(13)24-17/h11-12H,3-10H2,1-2H3,(H,18,22)(H,19,23)/t11-,12+/m1/s1. The third-order valence-electron chi connectivity index (χ3n) is 5.22. The zero-order valence-corrected chi connectivity index (χ0v) is 15.2. The monoisotopic (exact) mass is 350 g/mol. The quantitative estimate of drug-likeness (QED) is 0.841. The lowest BCUT2D eigenvalue weighted by molar-refractivity contribution is -0.121. The summed E-state index contributed by atoms with van der Waals surface area (Å²) in [4.78, 5) is 32.0. The van der Waals surface area contributed by atoms with Crippen LogP contribution < -0.4 is 10.6 Å². The highest BCUT2D eigenvalue weighted by molar-refractivity contribution is 7.13. The molecule has 0 unspecified atom stereocenters. The van der Waals surface area contributed by atoms with Crippen LogP contribution in [0.2, 0.25) is 0 Å². The van der Waals surface area contributed by atoms with Gasteiger partial charge in [-0.2, -0.15) is 0 Å². The van der Waals surface area contributed by atoms with Crippen molar-refractivity contribution in [3.05, 3.63) is 15.6 Å². The Balaban J connectivity index is 1.51. The molecule has 1 aromatic heterocycles. The number of likely N-dealkylation sites (tertiary alicyclic amines) is 1. The summed E-state index contributed by atoms with van der Waals surface area (Å²) in [6.07, 6.45) is 6.98. The molecule has 2 atom stereocenters. The van der Waals surface area contributed by atoms with Crippen molar-refractivity contribution in [1.82, 2.24) is 20.5 Å². The molecular formula is C17H26N4O2S. The first kappa shape index (κ1) is 17.4. The fourth-order valence-corrected chi connectivity index (χ4v) is 4.70. The van der Waals surface area contributed by atoms with Gasteiger partial charge in [-0.25, -0.2) is 4.98 Å². The minimum Gasteiger partial charge on any atom is -0.359 e. The first-order valence-electron chi connectivity index (χ1n) is 8.77. The van der Waals surface area contributed by atoms with E-state index in [1.165, 1.54) is 17.7 Å². The largest absolute Gasteiger partial charge is 0.359 e. The summed E-state index contributed by atoms with van der Waals surface area (Å²) in [6.45, 7) is 0.615. The van der Waals surface area contributed by atoms with E-state index in [0.29, 0.717) is 18.0 Å². The van der Waals surface area contributed by atoms with Crippen molar-refractivity contribution in [1.29, 1.82) is 0 Å². The first-order valence-corrected chi connectivity index (χ1v) is 9.59. The number of aryl methyl sites for hydroxylation is 2. The van der Waals surface area contributed by atoms with E-state index in [1.807, 2.05) is 7.05 Å². The fraction of sp³-hybridized carbons (Fsp3) is 0.706. The number of amides is 2. The number of carbonyl (C=O) groups excluding carboxylic acids is 2. The molecule has 7 heteroatoms. The zero-order chi connectivity index (χ0) is 17.1. The Kier molecular flexibility index (Phi) is 5.50. The van der Waals surface area contributed by atoms with E-state index in [1.54, 1.807) is 18.4 Å². The molecule has 0 aromatic carbocycles. The SMILES string of the molecule is CNC(=O)C[C@H]1CC[C@@H](CNC(=O)c2nc3c(s2)CCCC3)N1C. The van der Waals surface area contributed by atoms with Gasteiger partial charge in [0.25, 0.3) is 5.91 Å². The van der Waals surface area contributed by atoms with Crippen LogP contribution in [0.1, 0.15) is 52.5 Å². The molecule has 0 bridgehead atoms. The van der Waals surface area contributed by atoms with E-state index in [2.05, 4.69) is 20.5 Å². The van der Waals surface area contributed by atoms with Crippen molar-refractivity contribution in [2.45, 2.75) is 57.0 Å². The Bertz CT molecular complexity index is 592. The molecule has 1 aromatic rings. The summed E-state index contributed by atoms with van der Waals surface area (Å²) < 4.78 is 0. The molecule has 24 heavy (non-hydrogen) atoms. The first-order chi connectivity index (χ1) is 11.6. The van der Waals surface area contributed by atoms with Crippen LogP contribution in [0.25, 0.3) is 0 Å². The summed E-state index contributed by atoms with van der Waals surface area (Å²) in [7, 11) is 3.71. The lowest BCUT2D eigenvalue weighted by Crippen LogP contribution is -2.42. The minimum atomic E-state index is -0.0578. The van der Waals surface area contributed by atoms with Gasteiger partial charge in [-0.3, -0.25) is 14.5 Å². The normalized spacial score (nSPS) is 23.8. The molecule has 132 valence electrons. The summed E-state index contributed by atoms with van der Waals surface area (Å²) in [6, 6.07) is 0.553. The van der Waals surface area contributed by atoms with Crippen LogP contribution in [0.5, 0.6) is 0 Å². The Morgan fingerprint density at radius 1 is 1.25 bits per heavy atom. The predicted molar refractivity (Wildman–Crippen MR) is 94.3 cm³/mol. The maximum Gasteiger partial charge on any atom is 0.280 e. The van der Waals surface area contributed by atoms with Crippen molar-refractivity contribution >= 4 is 23.2 Å². The highest BCUT2D eigenvalue weighted by atomic mass is 32.1. The van der Waals surface area contributed by atoms with Gasteiger partial charge in [0.1, 0.15) is 0 Å². The molecule has 0 spiro atoms. The molecule has 2 N–H and O–H groups in total. The van der Waals surface area contributed by atoms with Crippen molar-refractivity contribution < 1.29 is 9.59 Å². The molecule has 2 heterocycles. The second-order valence-corrected chi connectivity index (χ2v) is 7.82. The van der Waals surface area contributed by atoms with Crippen molar-refractivity contribution in [3.63, 3.8) is 0 Å². The fourth-order valence-electron chi connectivity index (χ4n) is 3.63. The van der Waals surface area contributed by atoms with Gasteiger partial charge in [0.05, 0.1) is 5.69 Å². The number of hydrogen-bond donors (Lipinski definition) is 2. The summed E-state index contributed by atoms with van der Waals surface area (Å²) in [5.74, 6) is 0.0162. The molecular weight excluding hydrogens is 324 g/mol. The minimum absolute atomic E-state index is 0.0578. The zero-order valence-electron chi connectivity index (χ0n) is 14.4. The molecule has 1 aliphatic carbocycles.